The van der Waals surface area contributed by atoms with Crippen LogP contribution in [0.15, 0.2) is 17.0 Å². The smallest absolute Gasteiger partial charge is 0.241 e. The van der Waals surface area contributed by atoms with Gasteiger partial charge in [-0.1, -0.05) is 17.7 Å². The van der Waals surface area contributed by atoms with Gasteiger partial charge in [-0.2, -0.15) is 0 Å². The molecule has 6 nitrogen and oxygen atoms in total. The Morgan fingerprint density at radius 3 is 2.28 bits per heavy atom. The molecule has 7 heteroatoms. The van der Waals surface area contributed by atoms with Gasteiger partial charge in [0.05, 0.1) is 4.90 Å². The Bertz CT molecular complexity index is 741. The Kier molecular flexibility index (Phi) is 5.18. The van der Waals surface area contributed by atoms with Gasteiger partial charge in [0.25, 0.3) is 0 Å². The molecule has 1 amide bonds. The van der Waals surface area contributed by atoms with Crippen molar-refractivity contribution >= 4 is 15.9 Å². The van der Waals surface area contributed by atoms with E-state index in [1.165, 1.54) is 0 Å². The summed E-state index contributed by atoms with van der Waals surface area (Å²) in [7, 11) is -3.60. The summed E-state index contributed by atoms with van der Waals surface area (Å²) in [5, 5.41) is 3.35. The molecule has 0 spiro atoms. The topological polar surface area (TPSA) is 78.5 Å². The molecule has 0 aliphatic carbocycles. The van der Waals surface area contributed by atoms with Crippen LogP contribution in [0.25, 0.3) is 0 Å². The zero-order chi connectivity index (χ0) is 18.2. The molecule has 2 saturated heterocycles. The first kappa shape index (κ1) is 18.4. The van der Waals surface area contributed by atoms with Crippen LogP contribution in [-0.2, 0) is 14.8 Å². The number of sulfonamides is 1. The predicted molar refractivity (Wildman–Crippen MR) is 96.9 cm³/mol. The van der Waals surface area contributed by atoms with Crippen LogP contribution in [0.2, 0.25) is 0 Å². The van der Waals surface area contributed by atoms with Gasteiger partial charge in [-0.15, -0.1) is 0 Å². The summed E-state index contributed by atoms with van der Waals surface area (Å²) in [4.78, 5) is 14.6. The van der Waals surface area contributed by atoms with Gasteiger partial charge in [0.1, 0.15) is 0 Å². The molecule has 138 valence electrons. The van der Waals surface area contributed by atoms with Gasteiger partial charge in [0, 0.05) is 39.1 Å². The molecule has 2 heterocycles. The molecular weight excluding hydrogens is 338 g/mol. The summed E-state index contributed by atoms with van der Waals surface area (Å²) in [6, 6.07) is 3.73. The quantitative estimate of drug-likeness (QED) is 0.815. The standard InChI is InChI=1S/C18H27N3O3S/c1-12-6-13(2)18(14(3)7-12)25(23,24)20-5-4-17(22)21-10-15-8-19-9-16(15)11-21/h6-7,15-16,19-20H,4-5,8-11H2,1-3H3/t15-,16+. The Morgan fingerprint density at radius 2 is 1.72 bits per heavy atom. The van der Waals surface area contributed by atoms with E-state index in [-0.39, 0.29) is 18.9 Å². The van der Waals surface area contributed by atoms with Crippen molar-refractivity contribution in [3.05, 3.63) is 28.8 Å². The van der Waals surface area contributed by atoms with Crippen LogP contribution in [-0.4, -0.2) is 51.9 Å². The number of nitrogens with one attached hydrogen (secondary N) is 2. The van der Waals surface area contributed by atoms with E-state index >= 15 is 0 Å². The SMILES string of the molecule is Cc1cc(C)c(S(=O)(=O)NCCC(=O)N2C[C@H]3CNC[C@H]3C2)c(C)c1. The zero-order valence-electron chi connectivity index (χ0n) is 15.1. The first-order valence-electron chi connectivity index (χ1n) is 8.84. The second-order valence-corrected chi connectivity index (χ2v) is 9.06. The Hall–Kier alpha value is -1.44. The third kappa shape index (κ3) is 3.88. The summed E-state index contributed by atoms with van der Waals surface area (Å²) in [5.41, 5.74) is 2.51. The van der Waals surface area contributed by atoms with Crippen molar-refractivity contribution in [2.75, 3.05) is 32.7 Å². The Balaban J connectivity index is 1.57. The van der Waals surface area contributed by atoms with Crippen molar-refractivity contribution in [1.29, 1.82) is 0 Å². The third-order valence-corrected chi connectivity index (χ3v) is 7.01. The summed E-state index contributed by atoms with van der Waals surface area (Å²) < 4.78 is 27.8. The van der Waals surface area contributed by atoms with Gasteiger partial charge >= 0.3 is 0 Å². The van der Waals surface area contributed by atoms with Crippen LogP contribution >= 0.6 is 0 Å². The van der Waals surface area contributed by atoms with Crippen LogP contribution in [0, 0.1) is 32.6 Å². The van der Waals surface area contributed by atoms with Crippen molar-refractivity contribution in [2.24, 2.45) is 11.8 Å². The van der Waals surface area contributed by atoms with Gasteiger partial charge in [0.15, 0.2) is 0 Å². The molecule has 0 radical (unpaired) electrons. The van der Waals surface area contributed by atoms with E-state index in [0.717, 1.165) is 42.9 Å². The molecule has 2 N–H and O–H groups in total. The van der Waals surface area contributed by atoms with Crippen LogP contribution < -0.4 is 10.0 Å². The van der Waals surface area contributed by atoms with Crippen LogP contribution in [0.3, 0.4) is 0 Å². The van der Waals surface area contributed by atoms with E-state index in [2.05, 4.69) is 10.0 Å². The van der Waals surface area contributed by atoms with E-state index in [0.29, 0.717) is 16.7 Å². The van der Waals surface area contributed by atoms with E-state index < -0.39 is 10.0 Å². The lowest BCUT2D eigenvalue weighted by atomic mass is 10.0. The number of benzene rings is 1. The highest BCUT2D eigenvalue weighted by atomic mass is 32.2. The molecule has 2 atom stereocenters. The summed E-state index contributed by atoms with van der Waals surface area (Å²) in [6.07, 6.45) is 0.204. The molecule has 0 unspecified atom stereocenters. The van der Waals surface area contributed by atoms with Crippen molar-refractivity contribution < 1.29 is 13.2 Å². The number of amides is 1. The molecule has 0 aromatic heterocycles. The fourth-order valence-electron chi connectivity index (χ4n) is 4.17. The summed E-state index contributed by atoms with van der Waals surface area (Å²) >= 11 is 0. The maximum absolute atomic E-state index is 12.6. The monoisotopic (exact) mass is 365 g/mol. The maximum atomic E-state index is 12.6. The Morgan fingerprint density at radius 1 is 1.16 bits per heavy atom. The largest absolute Gasteiger partial charge is 0.342 e. The van der Waals surface area contributed by atoms with E-state index in [1.54, 1.807) is 13.8 Å². The number of rotatable bonds is 5. The van der Waals surface area contributed by atoms with Crippen LogP contribution in [0.4, 0.5) is 0 Å². The summed E-state index contributed by atoms with van der Waals surface area (Å²) in [6.45, 7) is 9.23. The first-order chi connectivity index (χ1) is 11.8. The lowest BCUT2D eigenvalue weighted by Crippen LogP contribution is -2.35. The highest BCUT2D eigenvalue weighted by Crippen LogP contribution is 2.26. The molecule has 1 aromatic carbocycles. The number of hydrogen-bond acceptors (Lipinski definition) is 4. The van der Waals surface area contributed by atoms with Gasteiger partial charge in [-0.05, 0) is 43.7 Å². The van der Waals surface area contributed by atoms with Crippen molar-refractivity contribution in [3.63, 3.8) is 0 Å². The second-order valence-electron chi connectivity index (χ2n) is 7.35. The second kappa shape index (κ2) is 7.05. The molecule has 0 bridgehead atoms. The number of carbonyl (C=O) groups is 1. The van der Waals surface area contributed by atoms with Crippen molar-refractivity contribution in [2.45, 2.75) is 32.1 Å². The first-order valence-corrected chi connectivity index (χ1v) is 10.3. The van der Waals surface area contributed by atoms with Crippen molar-refractivity contribution in [1.82, 2.24) is 14.9 Å². The van der Waals surface area contributed by atoms with Gasteiger partial charge in [0.2, 0.25) is 15.9 Å². The van der Waals surface area contributed by atoms with E-state index in [9.17, 15) is 13.2 Å². The molecular formula is C18H27N3O3S. The minimum absolute atomic E-state index is 0.0365. The minimum atomic E-state index is -3.60. The lowest BCUT2D eigenvalue weighted by molar-refractivity contribution is -0.130. The van der Waals surface area contributed by atoms with Crippen LogP contribution in [0.1, 0.15) is 23.1 Å². The number of fused-ring (bicyclic) bond motifs is 1. The van der Waals surface area contributed by atoms with Gasteiger partial charge < -0.3 is 10.2 Å². The normalized spacial score (nSPS) is 23.1. The van der Waals surface area contributed by atoms with Gasteiger partial charge in [-0.25, -0.2) is 13.1 Å². The zero-order valence-corrected chi connectivity index (χ0v) is 15.9. The lowest BCUT2D eigenvalue weighted by Gasteiger charge is -2.18. The fraction of sp³-hybridized carbons (Fsp3) is 0.611. The van der Waals surface area contributed by atoms with Gasteiger partial charge in [-0.3, -0.25) is 4.79 Å². The van der Waals surface area contributed by atoms with Crippen LogP contribution in [0.5, 0.6) is 0 Å². The maximum Gasteiger partial charge on any atom is 0.241 e. The average molecular weight is 365 g/mol. The van der Waals surface area contributed by atoms with Crippen molar-refractivity contribution in [3.8, 4) is 0 Å². The molecule has 25 heavy (non-hydrogen) atoms. The highest BCUT2D eigenvalue weighted by molar-refractivity contribution is 7.89. The number of hydrogen-bond donors (Lipinski definition) is 2. The number of carbonyl (C=O) groups excluding carboxylic acids is 1. The molecule has 2 fully saturated rings. The third-order valence-electron chi connectivity index (χ3n) is 5.25. The average Bonchev–Trinajstić information content (AvgIpc) is 3.06. The Labute approximate surface area is 150 Å². The number of likely N-dealkylation sites (tertiary alicyclic amines) is 1. The van der Waals surface area contributed by atoms with E-state index in [1.807, 2.05) is 24.0 Å². The predicted octanol–water partition coefficient (Wildman–Crippen LogP) is 0.958. The molecule has 2 aliphatic heterocycles. The van der Waals surface area contributed by atoms with E-state index in [4.69, 9.17) is 0 Å². The fourth-order valence-corrected chi connectivity index (χ4v) is 5.65. The minimum Gasteiger partial charge on any atom is -0.342 e. The molecule has 0 saturated carbocycles. The number of nitrogens with zero attached hydrogens (tertiary/aromatic N) is 1. The molecule has 1 aromatic rings. The molecule has 3 rings (SSSR count). The highest BCUT2D eigenvalue weighted by Gasteiger charge is 2.37. The number of aryl methyl sites for hydroxylation is 3. The summed E-state index contributed by atoms with van der Waals surface area (Å²) in [5.74, 6) is 1.14. The molecule has 2 aliphatic rings.